The molecule has 0 radical (unpaired) electrons. The lowest BCUT2D eigenvalue weighted by atomic mass is 10.1. The summed E-state index contributed by atoms with van der Waals surface area (Å²) >= 11 is 0. The van der Waals surface area contributed by atoms with Crippen LogP contribution < -0.4 is 0 Å². The molecule has 0 aromatic heterocycles. The Bertz CT molecular complexity index is 430. The van der Waals surface area contributed by atoms with Gasteiger partial charge in [0.15, 0.2) is 5.78 Å². The van der Waals surface area contributed by atoms with Crippen molar-refractivity contribution in [2.75, 3.05) is 40.3 Å². The minimum absolute atomic E-state index is 0.105. The highest BCUT2D eigenvalue weighted by Crippen LogP contribution is 2.15. The average molecular weight is 262 g/mol. The zero-order chi connectivity index (χ0) is 13.8. The fraction of sp³-hybridized carbons (Fsp3) is 0.533. The number of hydrogen-bond donors (Lipinski definition) is 1. The lowest BCUT2D eigenvalue weighted by molar-refractivity contribution is 0.0938. The number of phenols is 1. The van der Waals surface area contributed by atoms with E-state index in [0.717, 1.165) is 19.6 Å². The molecule has 0 aliphatic carbocycles. The number of Topliss-reactive ketones (excluding diaryl/α,β-unsaturated/α-hetero) is 1. The third-order valence-corrected chi connectivity index (χ3v) is 3.66. The van der Waals surface area contributed by atoms with Gasteiger partial charge in [0.1, 0.15) is 5.75 Å². The van der Waals surface area contributed by atoms with Gasteiger partial charge in [-0.2, -0.15) is 0 Å². The van der Waals surface area contributed by atoms with Crippen molar-refractivity contribution in [3.8, 4) is 5.75 Å². The molecule has 19 heavy (non-hydrogen) atoms. The molecule has 104 valence electrons. The number of rotatable bonds is 5. The second-order valence-corrected chi connectivity index (χ2v) is 5.58. The van der Waals surface area contributed by atoms with Crippen LogP contribution in [0.2, 0.25) is 0 Å². The molecule has 2 rings (SSSR count). The van der Waals surface area contributed by atoms with E-state index in [0.29, 0.717) is 18.0 Å². The van der Waals surface area contributed by atoms with E-state index >= 15 is 0 Å². The number of nitrogens with zero attached hydrogens (tertiary/aromatic N) is 2. The second-order valence-electron chi connectivity index (χ2n) is 5.58. The van der Waals surface area contributed by atoms with Crippen LogP contribution in [-0.2, 0) is 0 Å². The second kappa shape index (κ2) is 6.17. The SMILES string of the molecule is CN1CCC(CN(C)CC(=O)c2ccc(O)cc2)C1. The van der Waals surface area contributed by atoms with Crippen molar-refractivity contribution in [2.24, 2.45) is 5.92 Å². The van der Waals surface area contributed by atoms with Crippen molar-refractivity contribution in [3.05, 3.63) is 29.8 Å². The van der Waals surface area contributed by atoms with Gasteiger partial charge < -0.3 is 10.0 Å². The topological polar surface area (TPSA) is 43.8 Å². The smallest absolute Gasteiger partial charge is 0.176 e. The standard InChI is InChI=1S/C15H22N2O2/c1-16-8-7-12(9-16)10-17(2)11-15(19)13-3-5-14(18)6-4-13/h3-6,12,18H,7-11H2,1-2H3. The zero-order valence-electron chi connectivity index (χ0n) is 11.7. The molecule has 4 nitrogen and oxygen atoms in total. The van der Waals surface area contributed by atoms with E-state index in [9.17, 15) is 9.90 Å². The van der Waals surface area contributed by atoms with Crippen molar-refractivity contribution >= 4 is 5.78 Å². The number of carbonyl (C=O) groups excluding carboxylic acids is 1. The highest BCUT2D eigenvalue weighted by molar-refractivity contribution is 5.97. The highest BCUT2D eigenvalue weighted by Gasteiger charge is 2.21. The quantitative estimate of drug-likeness (QED) is 0.816. The number of likely N-dealkylation sites (N-methyl/N-ethyl adjacent to an activating group) is 1. The predicted octanol–water partition coefficient (Wildman–Crippen LogP) is 1.46. The van der Waals surface area contributed by atoms with E-state index in [1.54, 1.807) is 24.3 Å². The molecule has 1 unspecified atom stereocenters. The van der Waals surface area contributed by atoms with Crippen molar-refractivity contribution in [1.29, 1.82) is 0 Å². The molecule has 1 aromatic carbocycles. The van der Waals surface area contributed by atoms with Crippen LogP contribution in [-0.4, -0.2) is 61.0 Å². The van der Waals surface area contributed by atoms with Gasteiger partial charge in [0, 0.05) is 18.7 Å². The zero-order valence-corrected chi connectivity index (χ0v) is 11.7. The Kier molecular flexibility index (Phi) is 4.56. The van der Waals surface area contributed by atoms with Gasteiger partial charge in [-0.3, -0.25) is 9.69 Å². The van der Waals surface area contributed by atoms with Crippen molar-refractivity contribution < 1.29 is 9.90 Å². The van der Waals surface area contributed by atoms with E-state index in [4.69, 9.17) is 0 Å². The normalized spacial score (nSPS) is 20.1. The lowest BCUT2D eigenvalue weighted by Gasteiger charge is -2.20. The summed E-state index contributed by atoms with van der Waals surface area (Å²) in [6.45, 7) is 3.68. The Morgan fingerprint density at radius 2 is 2.11 bits per heavy atom. The monoisotopic (exact) mass is 262 g/mol. The molecule has 1 heterocycles. The lowest BCUT2D eigenvalue weighted by Crippen LogP contribution is -2.31. The van der Waals surface area contributed by atoms with E-state index in [2.05, 4.69) is 16.8 Å². The number of hydrogen-bond acceptors (Lipinski definition) is 4. The summed E-state index contributed by atoms with van der Waals surface area (Å²) in [6, 6.07) is 6.46. The van der Waals surface area contributed by atoms with E-state index in [-0.39, 0.29) is 11.5 Å². The van der Waals surface area contributed by atoms with E-state index in [1.165, 1.54) is 6.42 Å². The van der Waals surface area contributed by atoms with Gasteiger partial charge >= 0.3 is 0 Å². The maximum Gasteiger partial charge on any atom is 0.176 e. The van der Waals surface area contributed by atoms with E-state index < -0.39 is 0 Å². The van der Waals surface area contributed by atoms with Crippen LogP contribution in [0.3, 0.4) is 0 Å². The third-order valence-electron chi connectivity index (χ3n) is 3.66. The molecule has 4 heteroatoms. The first-order chi connectivity index (χ1) is 9.04. The van der Waals surface area contributed by atoms with Crippen molar-refractivity contribution in [1.82, 2.24) is 9.80 Å². The number of phenolic OH excluding ortho intramolecular Hbond substituents is 1. The molecule has 0 spiro atoms. The number of aromatic hydroxyl groups is 1. The van der Waals surface area contributed by atoms with Gasteiger partial charge in [-0.15, -0.1) is 0 Å². The van der Waals surface area contributed by atoms with Gasteiger partial charge in [-0.25, -0.2) is 0 Å². The van der Waals surface area contributed by atoms with Crippen LogP contribution in [0.5, 0.6) is 5.75 Å². The molecule has 1 aliphatic heterocycles. The fourth-order valence-corrected chi connectivity index (χ4v) is 2.66. The van der Waals surface area contributed by atoms with Crippen molar-refractivity contribution in [3.63, 3.8) is 0 Å². The van der Waals surface area contributed by atoms with Crippen LogP contribution in [0.4, 0.5) is 0 Å². The number of benzene rings is 1. The Hall–Kier alpha value is -1.39. The van der Waals surface area contributed by atoms with Gasteiger partial charge in [0.2, 0.25) is 0 Å². The summed E-state index contributed by atoms with van der Waals surface area (Å²) in [5, 5.41) is 9.21. The van der Waals surface area contributed by atoms with Crippen LogP contribution in [0, 0.1) is 5.92 Å². The van der Waals surface area contributed by atoms with Crippen molar-refractivity contribution in [2.45, 2.75) is 6.42 Å². The molecule has 1 aliphatic rings. The first-order valence-corrected chi connectivity index (χ1v) is 6.74. The molecule has 1 aromatic rings. The number of likely N-dealkylation sites (tertiary alicyclic amines) is 1. The maximum atomic E-state index is 12.1. The predicted molar refractivity (Wildman–Crippen MR) is 75.5 cm³/mol. The largest absolute Gasteiger partial charge is 0.508 e. The minimum atomic E-state index is 0.105. The Balaban J connectivity index is 1.83. The van der Waals surface area contributed by atoms with Gasteiger partial charge in [0.25, 0.3) is 0 Å². The first-order valence-electron chi connectivity index (χ1n) is 6.74. The number of ketones is 1. The molecule has 1 fully saturated rings. The Labute approximate surface area is 114 Å². The summed E-state index contributed by atoms with van der Waals surface area (Å²) in [5.74, 6) is 0.968. The molecule has 0 saturated carbocycles. The molecule has 1 saturated heterocycles. The molecule has 1 N–H and O–H groups in total. The third kappa shape index (κ3) is 4.04. The highest BCUT2D eigenvalue weighted by atomic mass is 16.3. The number of carbonyl (C=O) groups is 1. The van der Waals surface area contributed by atoms with Crippen LogP contribution in [0.25, 0.3) is 0 Å². The van der Waals surface area contributed by atoms with E-state index in [1.807, 2.05) is 7.05 Å². The molecule has 1 atom stereocenters. The fourth-order valence-electron chi connectivity index (χ4n) is 2.66. The maximum absolute atomic E-state index is 12.1. The molecular formula is C15H22N2O2. The van der Waals surface area contributed by atoms with Crippen LogP contribution in [0.15, 0.2) is 24.3 Å². The Morgan fingerprint density at radius 1 is 1.42 bits per heavy atom. The summed E-state index contributed by atoms with van der Waals surface area (Å²) < 4.78 is 0. The summed E-state index contributed by atoms with van der Waals surface area (Å²) in [7, 11) is 4.14. The van der Waals surface area contributed by atoms with Crippen LogP contribution >= 0.6 is 0 Å². The Morgan fingerprint density at radius 3 is 2.68 bits per heavy atom. The van der Waals surface area contributed by atoms with Gasteiger partial charge in [-0.1, -0.05) is 0 Å². The average Bonchev–Trinajstić information content (AvgIpc) is 2.75. The van der Waals surface area contributed by atoms with Crippen LogP contribution in [0.1, 0.15) is 16.8 Å². The first kappa shape index (κ1) is 14.0. The molecular weight excluding hydrogens is 240 g/mol. The van der Waals surface area contributed by atoms with Gasteiger partial charge in [-0.05, 0) is 57.2 Å². The summed E-state index contributed by atoms with van der Waals surface area (Å²) in [6.07, 6.45) is 1.22. The van der Waals surface area contributed by atoms with Gasteiger partial charge in [0.05, 0.1) is 6.54 Å². The summed E-state index contributed by atoms with van der Waals surface area (Å²) in [5.41, 5.74) is 0.660. The molecule has 0 bridgehead atoms. The summed E-state index contributed by atoms with van der Waals surface area (Å²) in [4.78, 5) is 16.5. The molecule has 0 amide bonds. The minimum Gasteiger partial charge on any atom is -0.508 e.